The molecule has 1 aromatic carbocycles. The maximum atomic E-state index is 12.9. The highest BCUT2D eigenvalue weighted by Gasteiger charge is 2.30. The molecule has 0 atom stereocenters. The number of amides is 1. The molecule has 0 aliphatic heterocycles. The summed E-state index contributed by atoms with van der Waals surface area (Å²) in [5.41, 5.74) is 1.71. The highest BCUT2D eigenvalue weighted by molar-refractivity contribution is 5.93. The summed E-state index contributed by atoms with van der Waals surface area (Å²) in [6, 6.07) is 9.84. The molecule has 0 fully saturated rings. The molecule has 5 aromatic rings. The molecule has 4 heterocycles. The van der Waals surface area contributed by atoms with Crippen LogP contribution in [0.25, 0.3) is 33.9 Å². The zero-order chi connectivity index (χ0) is 23.7. The van der Waals surface area contributed by atoms with Crippen molar-refractivity contribution in [1.82, 2.24) is 35.4 Å². The summed E-state index contributed by atoms with van der Waals surface area (Å²) in [6.45, 7) is 0.0371. The molecular weight excluding hydrogens is 451 g/mol. The number of nitrogens with zero attached hydrogens (tertiary/aromatic N) is 5. The molecule has 0 saturated heterocycles. The highest BCUT2D eigenvalue weighted by atomic mass is 19.4. The maximum absolute atomic E-state index is 12.9. The monoisotopic (exact) mass is 465 g/mol. The van der Waals surface area contributed by atoms with E-state index in [1.54, 1.807) is 30.6 Å². The van der Waals surface area contributed by atoms with Crippen LogP contribution in [0.3, 0.4) is 0 Å². The Hall–Kier alpha value is -4.61. The van der Waals surface area contributed by atoms with Gasteiger partial charge in [0.05, 0.1) is 28.8 Å². The zero-order valence-corrected chi connectivity index (χ0v) is 17.2. The predicted octanol–water partition coefficient (Wildman–Crippen LogP) is 4.02. The number of fused-ring (bicyclic) bond motifs is 1. The fourth-order valence-corrected chi connectivity index (χ4v) is 3.23. The number of H-pyrrole nitrogens is 1. The summed E-state index contributed by atoms with van der Waals surface area (Å²) in [6.07, 6.45) is 0.0810. The Morgan fingerprint density at radius 2 is 1.88 bits per heavy atom. The number of alkyl halides is 3. The Labute approximate surface area is 189 Å². The van der Waals surface area contributed by atoms with E-state index in [-0.39, 0.29) is 29.3 Å². The lowest BCUT2D eigenvalue weighted by Crippen LogP contribution is -2.24. The standard InChI is InChI=1S/C22H14F3N7O2/c23-22(24,25)13-1-2-15-17(7-13)31-20(30-15)19-8-14(32-34-19)10-27-21(33)18-9-16(28-11-29-18)12-3-5-26-6-4-12/h1-9,11H,10H2,(H,27,33)(H,30,31). The van der Waals surface area contributed by atoms with Gasteiger partial charge >= 0.3 is 6.18 Å². The third-order valence-corrected chi connectivity index (χ3v) is 4.91. The van der Waals surface area contributed by atoms with Crippen LogP contribution in [0.1, 0.15) is 21.7 Å². The normalized spacial score (nSPS) is 11.6. The van der Waals surface area contributed by atoms with E-state index in [1.807, 2.05) is 0 Å². The second kappa shape index (κ2) is 8.39. The Morgan fingerprint density at radius 3 is 2.68 bits per heavy atom. The SMILES string of the molecule is O=C(NCc1cc(-c2nc3ccc(C(F)(F)F)cc3[nH]2)on1)c1cc(-c2ccncc2)ncn1. The predicted molar refractivity (Wildman–Crippen MR) is 113 cm³/mol. The van der Waals surface area contributed by atoms with Crippen LogP contribution in [0.5, 0.6) is 0 Å². The number of nitrogens with one attached hydrogen (secondary N) is 2. The van der Waals surface area contributed by atoms with Gasteiger partial charge < -0.3 is 14.8 Å². The van der Waals surface area contributed by atoms with E-state index in [1.165, 1.54) is 18.5 Å². The fourth-order valence-electron chi connectivity index (χ4n) is 3.23. The molecule has 4 aromatic heterocycles. The Balaban J connectivity index is 1.28. The molecule has 2 N–H and O–H groups in total. The number of hydrogen-bond acceptors (Lipinski definition) is 7. The summed E-state index contributed by atoms with van der Waals surface area (Å²) >= 11 is 0. The van der Waals surface area contributed by atoms with Crippen LogP contribution in [-0.2, 0) is 12.7 Å². The quantitative estimate of drug-likeness (QED) is 0.402. The third kappa shape index (κ3) is 4.33. The first-order chi connectivity index (χ1) is 16.4. The first kappa shape index (κ1) is 21.2. The largest absolute Gasteiger partial charge is 0.416 e. The van der Waals surface area contributed by atoms with Crippen LogP contribution < -0.4 is 5.32 Å². The minimum Gasteiger partial charge on any atom is -0.353 e. The Kier molecular flexibility index (Phi) is 5.24. The average molecular weight is 465 g/mol. The lowest BCUT2D eigenvalue weighted by molar-refractivity contribution is -0.137. The van der Waals surface area contributed by atoms with E-state index >= 15 is 0 Å². The fraction of sp³-hybridized carbons (Fsp3) is 0.0909. The summed E-state index contributed by atoms with van der Waals surface area (Å²) in [5, 5.41) is 6.57. The number of hydrogen-bond donors (Lipinski definition) is 2. The van der Waals surface area contributed by atoms with Gasteiger partial charge in [-0.05, 0) is 36.4 Å². The van der Waals surface area contributed by atoms with Gasteiger partial charge in [-0.1, -0.05) is 5.16 Å². The van der Waals surface area contributed by atoms with E-state index < -0.39 is 17.6 Å². The molecule has 9 nitrogen and oxygen atoms in total. The number of benzene rings is 1. The molecule has 1 amide bonds. The topological polar surface area (TPSA) is 122 Å². The summed E-state index contributed by atoms with van der Waals surface area (Å²) in [7, 11) is 0. The van der Waals surface area contributed by atoms with Gasteiger partial charge in [0.15, 0.2) is 5.82 Å². The van der Waals surface area contributed by atoms with Gasteiger partial charge in [0.1, 0.15) is 17.7 Å². The molecule has 5 rings (SSSR count). The van der Waals surface area contributed by atoms with Crippen LogP contribution >= 0.6 is 0 Å². The van der Waals surface area contributed by atoms with Crippen molar-refractivity contribution < 1.29 is 22.5 Å². The average Bonchev–Trinajstić information content (AvgIpc) is 3.49. The van der Waals surface area contributed by atoms with Crippen molar-refractivity contribution in [2.75, 3.05) is 0 Å². The zero-order valence-electron chi connectivity index (χ0n) is 17.2. The van der Waals surface area contributed by atoms with Crippen LogP contribution in [0.15, 0.2) is 65.7 Å². The molecule has 0 saturated carbocycles. The number of pyridine rings is 1. The van der Waals surface area contributed by atoms with Crippen LogP contribution in [-0.4, -0.2) is 36.0 Å². The number of aromatic amines is 1. The molecule has 0 aliphatic carbocycles. The Morgan fingerprint density at radius 1 is 1.06 bits per heavy atom. The third-order valence-electron chi connectivity index (χ3n) is 4.91. The van der Waals surface area contributed by atoms with E-state index in [2.05, 4.69) is 35.4 Å². The van der Waals surface area contributed by atoms with Gasteiger partial charge in [0.25, 0.3) is 5.91 Å². The van der Waals surface area contributed by atoms with Gasteiger partial charge in [-0.2, -0.15) is 13.2 Å². The molecule has 0 spiro atoms. The second-order valence-electron chi connectivity index (χ2n) is 7.20. The van der Waals surface area contributed by atoms with Crippen molar-refractivity contribution in [3.05, 3.63) is 78.1 Å². The van der Waals surface area contributed by atoms with Crippen molar-refractivity contribution in [1.29, 1.82) is 0 Å². The molecule has 0 unspecified atom stereocenters. The number of aromatic nitrogens is 6. The highest BCUT2D eigenvalue weighted by Crippen LogP contribution is 2.31. The minimum atomic E-state index is -4.46. The van der Waals surface area contributed by atoms with E-state index in [0.717, 1.165) is 17.7 Å². The van der Waals surface area contributed by atoms with Crippen LogP contribution in [0.2, 0.25) is 0 Å². The maximum Gasteiger partial charge on any atom is 0.416 e. The number of imidazole rings is 1. The lowest BCUT2D eigenvalue weighted by Gasteiger charge is -2.05. The molecule has 12 heteroatoms. The number of carbonyl (C=O) groups excluding carboxylic acids is 1. The number of rotatable bonds is 5. The molecule has 0 bridgehead atoms. The van der Waals surface area contributed by atoms with E-state index in [9.17, 15) is 18.0 Å². The number of carbonyl (C=O) groups is 1. The van der Waals surface area contributed by atoms with Crippen molar-refractivity contribution in [2.24, 2.45) is 0 Å². The van der Waals surface area contributed by atoms with Crippen molar-refractivity contribution in [3.8, 4) is 22.8 Å². The van der Waals surface area contributed by atoms with Gasteiger partial charge in [0, 0.05) is 24.0 Å². The van der Waals surface area contributed by atoms with Crippen LogP contribution in [0, 0.1) is 0 Å². The summed E-state index contributed by atoms with van der Waals surface area (Å²) in [5.74, 6) is -0.00103. The molecular formula is C22H14F3N7O2. The molecule has 0 aliphatic rings. The minimum absolute atomic E-state index is 0.0371. The molecule has 170 valence electrons. The first-order valence-corrected chi connectivity index (χ1v) is 9.90. The molecule has 0 radical (unpaired) electrons. The van der Waals surface area contributed by atoms with Crippen molar-refractivity contribution in [2.45, 2.75) is 12.7 Å². The summed E-state index contributed by atoms with van der Waals surface area (Å²) in [4.78, 5) is 31.7. The van der Waals surface area contributed by atoms with Crippen molar-refractivity contribution in [3.63, 3.8) is 0 Å². The Bertz CT molecular complexity index is 1480. The van der Waals surface area contributed by atoms with Gasteiger partial charge in [-0.25, -0.2) is 15.0 Å². The second-order valence-corrected chi connectivity index (χ2v) is 7.20. The summed E-state index contributed by atoms with van der Waals surface area (Å²) < 4.78 is 44.0. The van der Waals surface area contributed by atoms with Gasteiger partial charge in [-0.3, -0.25) is 9.78 Å². The molecule has 34 heavy (non-hydrogen) atoms. The van der Waals surface area contributed by atoms with E-state index in [0.29, 0.717) is 16.9 Å². The van der Waals surface area contributed by atoms with Crippen molar-refractivity contribution >= 4 is 16.9 Å². The number of halogens is 3. The van der Waals surface area contributed by atoms with E-state index in [4.69, 9.17) is 4.52 Å². The van der Waals surface area contributed by atoms with Crippen LogP contribution in [0.4, 0.5) is 13.2 Å². The lowest BCUT2D eigenvalue weighted by atomic mass is 10.1. The first-order valence-electron chi connectivity index (χ1n) is 9.90. The van der Waals surface area contributed by atoms with Gasteiger partial charge in [0.2, 0.25) is 5.76 Å². The van der Waals surface area contributed by atoms with Gasteiger partial charge in [-0.15, -0.1) is 0 Å². The smallest absolute Gasteiger partial charge is 0.353 e.